The summed E-state index contributed by atoms with van der Waals surface area (Å²) >= 11 is 11.9. The quantitative estimate of drug-likeness (QED) is 0.483. The number of anilines is 2. The van der Waals surface area contributed by atoms with Crippen molar-refractivity contribution in [2.45, 2.75) is 19.8 Å². The molecular weight excluding hydrogens is 433 g/mol. The Balaban J connectivity index is 1.88. The number of amides is 1. The highest BCUT2D eigenvalue weighted by Crippen LogP contribution is 2.33. The number of hydrogen-bond donors (Lipinski definition) is 2. The van der Waals surface area contributed by atoms with E-state index < -0.39 is 16.8 Å². The van der Waals surface area contributed by atoms with Crippen LogP contribution in [0.15, 0.2) is 30.3 Å². The number of carbonyl (C=O) groups excluding carboxylic acids is 1. The normalized spacial score (nSPS) is 14.4. The van der Waals surface area contributed by atoms with E-state index in [9.17, 15) is 24.8 Å². The molecule has 0 aromatic heterocycles. The predicted octanol–water partition coefficient (Wildman–Crippen LogP) is 5.09. The van der Waals surface area contributed by atoms with E-state index in [0.717, 1.165) is 18.9 Å². The highest BCUT2D eigenvalue weighted by atomic mass is 35.5. The number of nitrogens with one attached hydrogen (secondary N) is 1. The van der Waals surface area contributed by atoms with Crippen LogP contribution in [0.4, 0.5) is 17.1 Å². The van der Waals surface area contributed by atoms with Gasteiger partial charge in [0.05, 0.1) is 26.2 Å². The maximum atomic E-state index is 12.7. The summed E-state index contributed by atoms with van der Waals surface area (Å²) in [6, 6.07) is 6.63. The molecule has 30 heavy (non-hydrogen) atoms. The lowest BCUT2D eigenvalue weighted by Gasteiger charge is -2.31. The number of hydrogen-bond acceptors (Lipinski definition) is 5. The van der Waals surface area contributed by atoms with Crippen molar-refractivity contribution in [1.82, 2.24) is 0 Å². The van der Waals surface area contributed by atoms with Gasteiger partial charge < -0.3 is 15.3 Å². The first-order chi connectivity index (χ1) is 14.2. The molecule has 0 radical (unpaired) electrons. The molecule has 1 heterocycles. The number of piperidine rings is 1. The molecule has 1 aliphatic rings. The smallest absolute Gasteiger partial charge is 0.337 e. The van der Waals surface area contributed by atoms with E-state index in [1.54, 1.807) is 6.07 Å². The Labute approximate surface area is 182 Å². The molecule has 8 nitrogen and oxygen atoms in total. The summed E-state index contributed by atoms with van der Waals surface area (Å²) in [5, 5.41) is 23.3. The van der Waals surface area contributed by atoms with Crippen LogP contribution in [0.25, 0.3) is 0 Å². The van der Waals surface area contributed by atoms with Crippen LogP contribution in [0.3, 0.4) is 0 Å². The lowest BCUT2D eigenvalue weighted by molar-refractivity contribution is -0.384. The number of benzene rings is 2. The molecule has 1 amide bonds. The SMILES string of the molecule is CC1CCN(c2ccc(C(=O)Nc3cc(C(=O)O)c(Cl)cc3Cl)cc2[N+](=O)[O-])CC1. The summed E-state index contributed by atoms with van der Waals surface area (Å²) in [6.45, 7) is 3.58. The van der Waals surface area contributed by atoms with E-state index in [2.05, 4.69) is 12.2 Å². The molecule has 0 bridgehead atoms. The molecule has 1 saturated heterocycles. The predicted molar refractivity (Wildman–Crippen MR) is 115 cm³/mol. The maximum Gasteiger partial charge on any atom is 0.337 e. The second kappa shape index (κ2) is 8.89. The largest absolute Gasteiger partial charge is 0.478 e. The first-order valence-electron chi connectivity index (χ1n) is 9.24. The van der Waals surface area contributed by atoms with Crippen LogP contribution in [-0.2, 0) is 0 Å². The highest BCUT2D eigenvalue weighted by molar-refractivity contribution is 6.38. The summed E-state index contributed by atoms with van der Waals surface area (Å²) in [4.78, 5) is 37.0. The van der Waals surface area contributed by atoms with Crippen LogP contribution in [0, 0.1) is 16.0 Å². The second-order valence-corrected chi connectivity index (χ2v) is 8.02. The summed E-state index contributed by atoms with van der Waals surface area (Å²) in [5.74, 6) is -1.36. The Morgan fingerprint density at radius 2 is 1.83 bits per heavy atom. The minimum Gasteiger partial charge on any atom is -0.478 e. The first kappa shape index (κ1) is 21.9. The molecule has 3 rings (SSSR count). The molecule has 0 unspecified atom stereocenters. The van der Waals surface area contributed by atoms with E-state index in [1.165, 1.54) is 18.2 Å². The zero-order valence-corrected chi connectivity index (χ0v) is 17.5. The topological polar surface area (TPSA) is 113 Å². The van der Waals surface area contributed by atoms with E-state index in [4.69, 9.17) is 23.2 Å². The van der Waals surface area contributed by atoms with Crippen molar-refractivity contribution in [1.29, 1.82) is 0 Å². The lowest BCUT2D eigenvalue weighted by Crippen LogP contribution is -2.33. The Morgan fingerprint density at radius 3 is 2.43 bits per heavy atom. The van der Waals surface area contributed by atoms with Gasteiger partial charge >= 0.3 is 5.97 Å². The minimum atomic E-state index is -1.27. The minimum absolute atomic E-state index is 0.0419. The fraction of sp³-hybridized carbons (Fsp3) is 0.300. The molecule has 2 aromatic carbocycles. The van der Waals surface area contributed by atoms with Crippen LogP contribution in [0.5, 0.6) is 0 Å². The summed E-state index contributed by atoms with van der Waals surface area (Å²) < 4.78 is 0. The Morgan fingerprint density at radius 1 is 1.17 bits per heavy atom. The van der Waals surface area contributed by atoms with Crippen LogP contribution in [-0.4, -0.2) is 35.0 Å². The molecule has 0 aliphatic carbocycles. The average molecular weight is 452 g/mol. The van der Waals surface area contributed by atoms with E-state index >= 15 is 0 Å². The van der Waals surface area contributed by atoms with Gasteiger partial charge in [-0.3, -0.25) is 14.9 Å². The zero-order chi connectivity index (χ0) is 22.0. The molecule has 158 valence electrons. The first-order valence-corrected chi connectivity index (χ1v) is 10.00. The number of nitrogens with zero attached hydrogens (tertiary/aromatic N) is 2. The number of nitro groups is 1. The summed E-state index contributed by atoms with van der Waals surface area (Å²) in [6.07, 6.45) is 1.89. The van der Waals surface area contributed by atoms with Gasteiger partial charge in [-0.2, -0.15) is 0 Å². The number of carboxylic acid groups (broad SMARTS) is 1. The van der Waals surface area contributed by atoms with Crippen LogP contribution >= 0.6 is 23.2 Å². The third kappa shape index (κ3) is 4.66. The fourth-order valence-corrected chi connectivity index (χ4v) is 3.84. The summed E-state index contributed by atoms with van der Waals surface area (Å²) in [5.41, 5.74) is 0.183. The van der Waals surface area contributed by atoms with Crippen molar-refractivity contribution < 1.29 is 19.6 Å². The number of rotatable bonds is 5. The third-order valence-corrected chi connectivity index (χ3v) is 5.72. The molecule has 2 aromatic rings. The van der Waals surface area contributed by atoms with Crippen LogP contribution < -0.4 is 10.2 Å². The molecule has 1 fully saturated rings. The second-order valence-electron chi connectivity index (χ2n) is 7.20. The van der Waals surface area contributed by atoms with Gasteiger partial charge in [0.1, 0.15) is 5.69 Å². The fourth-order valence-electron chi connectivity index (χ4n) is 3.33. The van der Waals surface area contributed by atoms with Crippen molar-refractivity contribution >= 4 is 52.1 Å². The molecule has 0 atom stereocenters. The van der Waals surface area contributed by atoms with Crippen molar-refractivity contribution in [2.75, 3.05) is 23.3 Å². The molecule has 2 N–H and O–H groups in total. The average Bonchev–Trinajstić information content (AvgIpc) is 2.69. The number of halogens is 2. The third-order valence-electron chi connectivity index (χ3n) is 5.09. The number of aromatic carboxylic acids is 1. The van der Waals surface area contributed by atoms with Crippen LogP contribution in [0.2, 0.25) is 10.0 Å². The molecule has 0 spiro atoms. The number of carboxylic acids is 1. The molecule has 0 saturated carbocycles. The van der Waals surface area contributed by atoms with Crippen molar-refractivity contribution in [3.63, 3.8) is 0 Å². The van der Waals surface area contributed by atoms with Gasteiger partial charge in [0.2, 0.25) is 0 Å². The van der Waals surface area contributed by atoms with Gasteiger partial charge in [0.15, 0.2) is 0 Å². The van der Waals surface area contributed by atoms with E-state index in [-0.39, 0.29) is 32.5 Å². The molecule has 1 aliphatic heterocycles. The molecule has 10 heteroatoms. The maximum absolute atomic E-state index is 12.7. The Kier molecular flexibility index (Phi) is 6.48. The highest BCUT2D eigenvalue weighted by Gasteiger charge is 2.25. The Bertz CT molecular complexity index is 1020. The van der Waals surface area contributed by atoms with Gasteiger partial charge in [0, 0.05) is 24.7 Å². The van der Waals surface area contributed by atoms with Crippen LogP contribution in [0.1, 0.15) is 40.5 Å². The van der Waals surface area contributed by atoms with Gasteiger partial charge in [-0.1, -0.05) is 30.1 Å². The van der Waals surface area contributed by atoms with Gasteiger partial charge in [0.25, 0.3) is 11.6 Å². The van der Waals surface area contributed by atoms with Gasteiger partial charge in [-0.15, -0.1) is 0 Å². The van der Waals surface area contributed by atoms with Crippen molar-refractivity contribution in [2.24, 2.45) is 5.92 Å². The summed E-state index contributed by atoms with van der Waals surface area (Å²) in [7, 11) is 0. The number of nitro benzene ring substituents is 1. The van der Waals surface area contributed by atoms with Gasteiger partial charge in [-0.05, 0) is 43.0 Å². The Hall–Kier alpha value is -2.84. The zero-order valence-electron chi connectivity index (χ0n) is 16.0. The van der Waals surface area contributed by atoms with Gasteiger partial charge in [-0.25, -0.2) is 4.79 Å². The molecular formula is C20H19Cl2N3O5. The number of carbonyl (C=O) groups is 2. The monoisotopic (exact) mass is 451 g/mol. The van der Waals surface area contributed by atoms with E-state index in [0.29, 0.717) is 24.7 Å². The van der Waals surface area contributed by atoms with Crippen molar-refractivity contribution in [3.05, 3.63) is 61.6 Å². The lowest BCUT2D eigenvalue weighted by atomic mass is 9.98. The van der Waals surface area contributed by atoms with E-state index in [1.807, 2.05) is 4.90 Å². The van der Waals surface area contributed by atoms with Crippen molar-refractivity contribution in [3.8, 4) is 0 Å². The standard InChI is InChI=1S/C20H19Cl2N3O5/c1-11-4-6-24(7-5-11)17-3-2-12(8-18(17)25(29)30)19(26)23-16-9-13(20(27)28)14(21)10-15(16)22/h2-3,8-11H,4-7H2,1H3,(H,23,26)(H,27,28).